The van der Waals surface area contributed by atoms with Gasteiger partial charge in [0.1, 0.15) is 5.82 Å². The van der Waals surface area contributed by atoms with E-state index in [1.165, 1.54) is 0 Å². The first-order valence-electron chi connectivity index (χ1n) is 9.15. The van der Waals surface area contributed by atoms with Gasteiger partial charge in [0.05, 0.1) is 12.1 Å². The molecule has 2 N–H and O–H groups in total. The lowest BCUT2D eigenvalue weighted by molar-refractivity contribution is 0.0283. The van der Waals surface area contributed by atoms with Gasteiger partial charge in [0.2, 0.25) is 0 Å². The lowest BCUT2D eigenvalue weighted by atomic mass is 10.0. The van der Waals surface area contributed by atoms with Crippen molar-refractivity contribution >= 4 is 11.6 Å². The summed E-state index contributed by atoms with van der Waals surface area (Å²) < 4.78 is 7.84. The summed E-state index contributed by atoms with van der Waals surface area (Å²) in [7, 11) is 0. The van der Waals surface area contributed by atoms with Crippen LogP contribution in [0.5, 0.6) is 0 Å². The van der Waals surface area contributed by atoms with Crippen molar-refractivity contribution in [1.82, 2.24) is 25.2 Å². The van der Waals surface area contributed by atoms with Gasteiger partial charge in [-0.3, -0.25) is 9.39 Å². The molecule has 136 valence electrons. The molecule has 2 aromatic rings. The fraction of sp³-hybridized carbons (Fsp3) is 0.611. The van der Waals surface area contributed by atoms with Crippen molar-refractivity contribution in [3.05, 3.63) is 30.2 Å². The van der Waals surface area contributed by atoms with E-state index in [-0.39, 0.29) is 5.60 Å². The zero-order valence-electron chi connectivity index (χ0n) is 15.2. The van der Waals surface area contributed by atoms with Gasteiger partial charge in [-0.2, -0.15) is 0 Å². The van der Waals surface area contributed by atoms with Gasteiger partial charge in [0, 0.05) is 32.3 Å². The van der Waals surface area contributed by atoms with Crippen LogP contribution >= 0.6 is 0 Å². The number of pyridine rings is 1. The molecule has 7 nitrogen and oxygen atoms in total. The third-order valence-electron chi connectivity index (χ3n) is 4.47. The quantitative estimate of drug-likeness (QED) is 0.455. The molecular weight excluding hydrogens is 316 g/mol. The summed E-state index contributed by atoms with van der Waals surface area (Å²) in [4.78, 5) is 4.69. The molecule has 25 heavy (non-hydrogen) atoms. The molecular formula is C18H28N6O. The van der Waals surface area contributed by atoms with E-state index in [9.17, 15) is 0 Å². The van der Waals surface area contributed by atoms with Gasteiger partial charge >= 0.3 is 0 Å². The molecule has 1 saturated heterocycles. The van der Waals surface area contributed by atoms with Gasteiger partial charge in [-0.1, -0.05) is 6.07 Å². The number of aryl methyl sites for hydroxylation is 1. The molecule has 1 atom stereocenters. The molecule has 3 heterocycles. The maximum atomic E-state index is 5.80. The number of aromatic nitrogens is 3. The Bertz CT molecular complexity index is 704. The van der Waals surface area contributed by atoms with Crippen molar-refractivity contribution in [2.75, 3.05) is 26.2 Å². The molecule has 0 spiro atoms. The van der Waals surface area contributed by atoms with E-state index in [0.717, 1.165) is 62.8 Å². The molecule has 7 heteroatoms. The summed E-state index contributed by atoms with van der Waals surface area (Å²) >= 11 is 0. The number of hydrogen-bond donors (Lipinski definition) is 2. The maximum absolute atomic E-state index is 5.80. The second-order valence-electron chi connectivity index (χ2n) is 6.67. The monoisotopic (exact) mass is 344 g/mol. The molecule has 1 fully saturated rings. The molecule has 0 saturated carbocycles. The van der Waals surface area contributed by atoms with Crippen LogP contribution in [0.25, 0.3) is 5.65 Å². The minimum atomic E-state index is -0.108. The molecule has 0 bridgehead atoms. The molecule has 1 aliphatic rings. The van der Waals surface area contributed by atoms with Gasteiger partial charge in [0.15, 0.2) is 11.6 Å². The minimum Gasteiger partial charge on any atom is -0.373 e. The largest absolute Gasteiger partial charge is 0.373 e. The van der Waals surface area contributed by atoms with Crippen molar-refractivity contribution in [2.45, 2.75) is 45.1 Å². The highest BCUT2D eigenvalue weighted by atomic mass is 16.5. The van der Waals surface area contributed by atoms with Gasteiger partial charge in [-0.05, 0) is 45.2 Å². The highest BCUT2D eigenvalue weighted by Gasteiger charge is 2.29. The molecule has 0 radical (unpaired) electrons. The number of aliphatic imine (C=N–C) groups is 1. The average Bonchev–Trinajstić information content (AvgIpc) is 3.23. The van der Waals surface area contributed by atoms with E-state index in [4.69, 9.17) is 4.74 Å². The number of fused-ring (bicyclic) bond motifs is 1. The van der Waals surface area contributed by atoms with Crippen LogP contribution in [0.2, 0.25) is 0 Å². The van der Waals surface area contributed by atoms with E-state index >= 15 is 0 Å². The van der Waals surface area contributed by atoms with E-state index in [2.05, 4.69) is 39.7 Å². The number of ether oxygens (including phenoxy) is 1. The Labute approximate surface area is 148 Å². The summed E-state index contributed by atoms with van der Waals surface area (Å²) in [6.45, 7) is 7.44. The summed E-state index contributed by atoms with van der Waals surface area (Å²) in [5.74, 6) is 1.84. The zero-order chi connectivity index (χ0) is 17.5. The van der Waals surface area contributed by atoms with Crippen LogP contribution in [-0.4, -0.2) is 52.4 Å². The SMILES string of the molecule is CCNC(=NCC1(C)CCCO1)NCCCc1nnc2ccccn12. The summed E-state index contributed by atoms with van der Waals surface area (Å²) in [5, 5.41) is 15.1. The van der Waals surface area contributed by atoms with E-state index in [0.29, 0.717) is 6.54 Å². The van der Waals surface area contributed by atoms with Gasteiger partial charge in [0.25, 0.3) is 0 Å². The first kappa shape index (κ1) is 17.7. The number of hydrogen-bond acceptors (Lipinski definition) is 4. The van der Waals surface area contributed by atoms with E-state index in [1.54, 1.807) is 0 Å². The fourth-order valence-electron chi connectivity index (χ4n) is 3.06. The lowest BCUT2D eigenvalue weighted by Gasteiger charge is -2.21. The summed E-state index contributed by atoms with van der Waals surface area (Å²) in [6.07, 6.45) is 6.05. The van der Waals surface area contributed by atoms with Crippen LogP contribution in [0, 0.1) is 0 Å². The number of guanidine groups is 1. The number of nitrogens with zero attached hydrogens (tertiary/aromatic N) is 4. The van der Waals surface area contributed by atoms with Gasteiger partial charge < -0.3 is 15.4 Å². The second kappa shape index (κ2) is 8.29. The highest BCUT2D eigenvalue weighted by molar-refractivity contribution is 5.79. The summed E-state index contributed by atoms with van der Waals surface area (Å²) in [5.41, 5.74) is 0.785. The van der Waals surface area contributed by atoms with Gasteiger partial charge in [-0.25, -0.2) is 0 Å². The van der Waals surface area contributed by atoms with Crippen LogP contribution in [0.3, 0.4) is 0 Å². The topological polar surface area (TPSA) is 75.8 Å². The summed E-state index contributed by atoms with van der Waals surface area (Å²) in [6, 6.07) is 5.94. The van der Waals surface area contributed by atoms with Crippen LogP contribution in [0.15, 0.2) is 29.4 Å². The number of rotatable bonds is 7. The minimum absolute atomic E-state index is 0.108. The normalized spacial score (nSPS) is 21.0. The van der Waals surface area contributed by atoms with Crippen LogP contribution in [0.4, 0.5) is 0 Å². The third kappa shape index (κ3) is 4.69. The first-order valence-corrected chi connectivity index (χ1v) is 9.15. The maximum Gasteiger partial charge on any atom is 0.191 e. The first-order chi connectivity index (χ1) is 12.2. The molecule has 0 aromatic carbocycles. The van der Waals surface area contributed by atoms with Crippen molar-refractivity contribution in [2.24, 2.45) is 4.99 Å². The Kier molecular flexibility index (Phi) is 5.86. The van der Waals surface area contributed by atoms with E-state index < -0.39 is 0 Å². The molecule has 2 aromatic heterocycles. The molecule has 0 aliphatic carbocycles. The Hall–Kier alpha value is -2.15. The van der Waals surface area contributed by atoms with Crippen LogP contribution in [0.1, 0.15) is 38.9 Å². The predicted molar refractivity (Wildman–Crippen MR) is 98.9 cm³/mol. The second-order valence-corrected chi connectivity index (χ2v) is 6.67. The molecule has 1 unspecified atom stereocenters. The highest BCUT2D eigenvalue weighted by Crippen LogP contribution is 2.24. The van der Waals surface area contributed by atoms with E-state index in [1.807, 2.05) is 28.8 Å². The third-order valence-corrected chi connectivity index (χ3v) is 4.47. The van der Waals surface area contributed by atoms with Crippen LogP contribution < -0.4 is 10.6 Å². The molecule has 0 amide bonds. The lowest BCUT2D eigenvalue weighted by Crippen LogP contribution is -2.39. The van der Waals surface area contributed by atoms with Crippen molar-refractivity contribution in [1.29, 1.82) is 0 Å². The van der Waals surface area contributed by atoms with Gasteiger partial charge in [-0.15, -0.1) is 10.2 Å². The standard InChI is InChI=1S/C18H28N6O/c1-3-19-17(21-14-18(2)10-7-13-25-18)20-11-6-9-16-23-22-15-8-4-5-12-24(15)16/h4-5,8,12H,3,6-7,9-11,13-14H2,1-2H3,(H2,19,20,21). The smallest absolute Gasteiger partial charge is 0.191 e. The van der Waals surface area contributed by atoms with Crippen molar-refractivity contribution < 1.29 is 4.74 Å². The Morgan fingerprint density at radius 3 is 3.08 bits per heavy atom. The molecule has 3 rings (SSSR count). The molecule has 1 aliphatic heterocycles. The Morgan fingerprint density at radius 1 is 1.36 bits per heavy atom. The Balaban J connectivity index is 1.48. The Morgan fingerprint density at radius 2 is 2.28 bits per heavy atom. The van der Waals surface area contributed by atoms with Crippen molar-refractivity contribution in [3.63, 3.8) is 0 Å². The number of nitrogens with one attached hydrogen (secondary N) is 2. The van der Waals surface area contributed by atoms with Crippen LogP contribution in [-0.2, 0) is 11.2 Å². The predicted octanol–water partition coefficient (Wildman–Crippen LogP) is 1.79. The average molecular weight is 344 g/mol. The van der Waals surface area contributed by atoms with Crippen molar-refractivity contribution in [3.8, 4) is 0 Å². The zero-order valence-corrected chi connectivity index (χ0v) is 15.2. The fourth-order valence-corrected chi connectivity index (χ4v) is 3.06.